The van der Waals surface area contributed by atoms with E-state index in [2.05, 4.69) is 13.8 Å². The molecule has 0 saturated carbocycles. The van der Waals surface area contributed by atoms with Crippen molar-refractivity contribution < 1.29 is 19.7 Å². The second kappa shape index (κ2) is 10.3. The zero-order chi connectivity index (χ0) is 18.2. The smallest absolute Gasteiger partial charge is 0.135 e. The highest BCUT2D eigenvalue weighted by Gasteiger charge is 2.36. The van der Waals surface area contributed by atoms with E-state index < -0.39 is 11.7 Å². The normalized spacial score (nSPS) is 28.1. The summed E-state index contributed by atoms with van der Waals surface area (Å²) in [7, 11) is 0. The molecule has 0 aliphatic carbocycles. The van der Waals surface area contributed by atoms with Crippen molar-refractivity contribution >= 4 is 5.78 Å². The van der Waals surface area contributed by atoms with Crippen molar-refractivity contribution in [1.29, 1.82) is 0 Å². The van der Waals surface area contributed by atoms with Crippen LogP contribution in [-0.4, -0.2) is 40.9 Å². The third-order valence-corrected chi connectivity index (χ3v) is 5.24. The van der Waals surface area contributed by atoms with Gasteiger partial charge in [-0.25, -0.2) is 0 Å². The largest absolute Gasteiger partial charge is 0.392 e. The molecule has 4 nitrogen and oxygen atoms in total. The fraction of sp³-hybridized carbons (Fsp3) is 0.850. The Morgan fingerprint density at radius 3 is 2.71 bits per heavy atom. The van der Waals surface area contributed by atoms with Crippen molar-refractivity contribution in [3.8, 4) is 0 Å². The van der Waals surface area contributed by atoms with Gasteiger partial charge in [0.2, 0.25) is 0 Å². The van der Waals surface area contributed by atoms with Gasteiger partial charge in [-0.2, -0.15) is 0 Å². The number of hydrogen-bond acceptors (Lipinski definition) is 4. The molecule has 0 radical (unpaired) electrons. The second-order valence-corrected chi connectivity index (χ2v) is 7.89. The molecule has 1 heterocycles. The molecule has 4 heteroatoms. The molecule has 140 valence electrons. The average molecular weight is 341 g/mol. The van der Waals surface area contributed by atoms with Crippen LogP contribution in [0.1, 0.15) is 72.6 Å². The van der Waals surface area contributed by atoms with Gasteiger partial charge < -0.3 is 14.9 Å². The fourth-order valence-electron chi connectivity index (χ4n) is 3.18. The Hall–Kier alpha value is -0.710. The Morgan fingerprint density at radius 2 is 2.08 bits per heavy atom. The van der Waals surface area contributed by atoms with Gasteiger partial charge in [-0.1, -0.05) is 26.8 Å². The van der Waals surface area contributed by atoms with Crippen LogP contribution in [-0.2, 0) is 9.53 Å². The van der Waals surface area contributed by atoms with Gasteiger partial charge in [-0.15, -0.1) is 0 Å². The minimum Gasteiger partial charge on any atom is -0.392 e. The molecule has 1 saturated heterocycles. The van der Waals surface area contributed by atoms with Crippen molar-refractivity contribution in [3.63, 3.8) is 0 Å². The lowest BCUT2D eigenvalue weighted by Crippen LogP contribution is -2.41. The summed E-state index contributed by atoms with van der Waals surface area (Å²) in [6, 6.07) is 0. The molecule has 1 fully saturated rings. The number of ketones is 1. The number of carbonyl (C=O) groups excluding carboxylic acids is 1. The van der Waals surface area contributed by atoms with Crippen LogP contribution in [0, 0.1) is 11.8 Å². The number of Topliss-reactive ketones (excluding diaryl/α,β-unsaturated/α-hetero) is 1. The molecular formula is C20H36O4. The van der Waals surface area contributed by atoms with Crippen LogP contribution >= 0.6 is 0 Å². The van der Waals surface area contributed by atoms with E-state index in [9.17, 15) is 9.90 Å². The SMILES string of the molecule is CC(C)CCC(=O)C(C)CCC[C@]1(C)OCC(=CCO)CC[C@H]1O. The van der Waals surface area contributed by atoms with Gasteiger partial charge in [0.25, 0.3) is 0 Å². The van der Waals surface area contributed by atoms with Crippen LogP contribution in [0.3, 0.4) is 0 Å². The predicted molar refractivity (Wildman–Crippen MR) is 96.9 cm³/mol. The summed E-state index contributed by atoms with van der Waals surface area (Å²) in [5.41, 5.74) is 0.490. The van der Waals surface area contributed by atoms with E-state index in [4.69, 9.17) is 9.84 Å². The molecule has 1 aliphatic heterocycles. The molecule has 0 aromatic rings. The van der Waals surface area contributed by atoms with Gasteiger partial charge in [0.15, 0.2) is 0 Å². The Labute approximate surface area is 147 Å². The van der Waals surface area contributed by atoms with Gasteiger partial charge >= 0.3 is 0 Å². The molecule has 2 N–H and O–H groups in total. The van der Waals surface area contributed by atoms with Crippen LogP contribution in [0.15, 0.2) is 11.6 Å². The molecule has 0 amide bonds. The zero-order valence-electron chi connectivity index (χ0n) is 15.9. The van der Waals surface area contributed by atoms with Gasteiger partial charge in [0.05, 0.1) is 24.9 Å². The first kappa shape index (κ1) is 21.3. The van der Waals surface area contributed by atoms with Crippen LogP contribution in [0.4, 0.5) is 0 Å². The summed E-state index contributed by atoms with van der Waals surface area (Å²) >= 11 is 0. The zero-order valence-corrected chi connectivity index (χ0v) is 15.9. The summed E-state index contributed by atoms with van der Waals surface area (Å²) in [5, 5.41) is 19.4. The lowest BCUT2D eigenvalue weighted by molar-refractivity contribution is -0.123. The highest BCUT2D eigenvalue weighted by molar-refractivity contribution is 5.80. The van der Waals surface area contributed by atoms with E-state index >= 15 is 0 Å². The van der Waals surface area contributed by atoms with Crippen LogP contribution < -0.4 is 0 Å². The Morgan fingerprint density at radius 1 is 1.38 bits per heavy atom. The molecule has 24 heavy (non-hydrogen) atoms. The number of ether oxygens (including phenoxy) is 1. The second-order valence-electron chi connectivity index (χ2n) is 7.89. The quantitative estimate of drug-likeness (QED) is 0.629. The number of rotatable bonds is 9. The average Bonchev–Trinajstić information content (AvgIpc) is 2.66. The summed E-state index contributed by atoms with van der Waals surface area (Å²) in [5.74, 6) is 1.00. The lowest BCUT2D eigenvalue weighted by Gasteiger charge is -2.33. The molecule has 0 aromatic heterocycles. The topological polar surface area (TPSA) is 66.8 Å². The first-order valence-corrected chi connectivity index (χ1v) is 9.42. The summed E-state index contributed by atoms with van der Waals surface area (Å²) < 4.78 is 5.97. The molecule has 1 aliphatic rings. The Balaban J connectivity index is 2.44. The van der Waals surface area contributed by atoms with Gasteiger partial charge in [0, 0.05) is 12.3 Å². The van der Waals surface area contributed by atoms with Crippen LogP contribution in [0.25, 0.3) is 0 Å². The predicted octanol–water partition coefficient (Wildman–Crippen LogP) is 3.65. The third kappa shape index (κ3) is 7.04. The highest BCUT2D eigenvalue weighted by atomic mass is 16.5. The first-order valence-electron chi connectivity index (χ1n) is 9.42. The van der Waals surface area contributed by atoms with Crippen molar-refractivity contribution in [1.82, 2.24) is 0 Å². The van der Waals surface area contributed by atoms with Gasteiger partial charge in [-0.05, 0) is 56.9 Å². The summed E-state index contributed by atoms with van der Waals surface area (Å²) in [6.07, 6.45) is 6.80. The number of hydrogen-bond donors (Lipinski definition) is 2. The minimum absolute atomic E-state index is 0.0154. The molecule has 0 aromatic carbocycles. The monoisotopic (exact) mass is 340 g/mol. The van der Waals surface area contributed by atoms with E-state index in [-0.39, 0.29) is 12.5 Å². The number of carbonyl (C=O) groups is 1. The lowest BCUT2D eigenvalue weighted by atomic mass is 9.87. The van der Waals surface area contributed by atoms with Crippen LogP contribution in [0.5, 0.6) is 0 Å². The standard InChI is InChI=1S/C20H36O4/c1-15(2)7-9-18(22)16(3)6-5-12-20(4)19(23)10-8-17(11-13-21)14-24-20/h11,15-16,19,21,23H,5-10,12-14H2,1-4H3/t16?,19-,20+/m1/s1. The maximum atomic E-state index is 12.1. The number of aliphatic hydroxyl groups excluding tert-OH is 2. The highest BCUT2D eigenvalue weighted by Crippen LogP contribution is 2.31. The van der Waals surface area contributed by atoms with Crippen molar-refractivity contribution in [2.45, 2.75) is 84.3 Å². The van der Waals surface area contributed by atoms with Crippen molar-refractivity contribution in [2.75, 3.05) is 13.2 Å². The molecule has 1 unspecified atom stereocenters. The van der Waals surface area contributed by atoms with Gasteiger partial charge in [-0.3, -0.25) is 4.79 Å². The van der Waals surface area contributed by atoms with Crippen molar-refractivity contribution in [2.24, 2.45) is 11.8 Å². The van der Waals surface area contributed by atoms with E-state index in [0.29, 0.717) is 31.1 Å². The molecule has 0 bridgehead atoms. The van der Waals surface area contributed by atoms with E-state index in [1.165, 1.54) is 0 Å². The number of aliphatic hydroxyl groups is 2. The Bertz CT molecular complexity index is 416. The third-order valence-electron chi connectivity index (χ3n) is 5.24. The first-order chi connectivity index (χ1) is 11.3. The molecule has 1 rings (SSSR count). The molecular weight excluding hydrogens is 304 g/mol. The Kier molecular flexibility index (Phi) is 9.17. The van der Waals surface area contributed by atoms with Gasteiger partial charge in [0.1, 0.15) is 5.78 Å². The van der Waals surface area contributed by atoms with E-state index in [1.807, 2.05) is 13.8 Å². The molecule has 0 spiro atoms. The summed E-state index contributed by atoms with van der Waals surface area (Å²) in [4.78, 5) is 12.1. The fourth-order valence-corrected chi connectivity index (χ4v) is 3.18. The van der Waals surface area contributed by atoms with E-state index in [0.717, 1.165) is 37.7 Å². The minimum atomic E-state index is -0.564. The maximum absolute atomic E-state index is 12.1. The molecule has 3 atom stereocenters. The van der Waals surface area contributed by atoms with Crippen LogP contribution in [0.2, 0.25) is 0 Å². The van der Waals surface area contributed by atoms with E-state index in [1.54, 1.807) is 6.08 Å². The summed E-state index contributed by atoms with van der Waals surface area (Å²) in [6.45, 7) is 8.74. The maximum Gasteiger partial charge on any atom is 0.135 e. The van der Waals surface area contributed by atoms with Crippen molar-refractivity contribution in [3.05, 3.63) is 11.6 Å².